The van der Waals surface area contributed by atoms with Gasteiger partial charge in [0.25, 0.3) is 10.2 Å². The van der Waals surface area contributed by atoms with Crippen molar-refractivity contribution in [1.82, 2.24) is 9.03 Å². The molecule has 1 aliphatic rings. The zero-order chi connectivity index (χ0) is 19.2. The van der Waals surface area contributed by atoms with Crippen molar-refractivity contribution >= 4 is 16.2 Å². The van der Waals surface area contributed by atoms with Gasteiger partial charge < -0.3 is 4.74 Å². The minimum absolute atomic E-state index is 0.00470. The summed E-state index contributed by atoms with van der Waals surface area (Å²) in [6, 6.07) is 5.77. The highest BCUT2D eigenvalue weighted by atomic mass is 32.2. The Morgan fingerprint density at radius 1 is 1.27 bits per heavy atom. The molecule has 1 fully saturated rings. The molecule has 1 N–H and O–H groups in total. The summed E-state index contributed by atoms with van der Waals surface area (Å²) in [5, 5.41) is 0. The fourth-order valence-corrected chi connectivity index (χ4v) is 4.48. The van der Waals surface area contributed by atoms with E-state index in [2.05, 4.69) is 4.72 Å². The van der Waals surface area contributed by atoms with Crippen molar-refractivity contribution in [2.24, 2.45) is 5.92 Å². The minimum Gasteiger partial charge on any atom is -0.469 e. The third-order valence-electron chi connectivity index (χ3n) is 4.91. The molecule has 0 spiro atoms. The largest absolute Gasteiger partial charge is 0.469 e. The van der Waals surface area contributed by atoms with Gasteiger partial charge in [0.05, 0.1) is 13.0 Å². The molecule has 26 heavy (non-hydrogen) atoms. The smallest absolute Gasteiger partial charge is 0.310 e. The average molecular weight is 386 g/mol. The van der Waals surface area contributed by atoms with E-state index in [0.29, 0.717) is 0 Å². The first-order valence-electron chi connectivity index (χ1n) is 8.88. The third-order valence-corrected chi connectivity index (χ3v) is 6.50. The number of rotatable bonds is 8. The molecule has 1 aliphatic carbocycles. The van der Waals surface area contributed by atoms with Gasteiger partial charge in [-0.3, -0.25) is 4.79 Å². The van der Waals surface area contributed by atoms with E-state index >= 15 is 0 Å². The van der Waals surface area contributed by atoms with Gasteiger partial charge in [-0.2, -0.15) is 12.7 Å². The first-order chi connectivity index (χ1) is 12.3. The van der Waals surface area contributed by atoms with Crippen LogP contribution in [0.3, 0.4) is 0 Å². The fourth-order valence-electron chi connectivity index (χ4n) is 3.26. The number of benzene rings is 1. The molecule has 1 aromatic rings. The normalized spacial score (nSPS) is 17.2. The quantitative estimate of drug-likeness (QED) is 0.696. The predicted octanol–water partition coefficient (Wildman–Crippen LogP) is 2.26. The maximum Gasteiger partial charge on any atom is 0.310 e. The molecule has 0 amide bonds. The zero-order valence-corrected chi connectivity index (χ0v) is 16.1. The lowest BCUT2D eigenvalue weighted by atomic mass is 9.96. The minimum atomic E-state index is -3.68. The summed E-state index contributed by atoms with van der Waals surface area (Å²) in [4.78, 5) is 12.0. The topological polar surface area (TPSA) is 75.7 Å². The van der Waals surface area contributed by atoms with Crippen LogP contribution in [0.5, 0.6) is 0 Å². The number of hydrogen-bond acceptors (Lipinski definition) is 4. The van der Waals surface area contributed by atoms with Crippen LogP contribution in [0.25, 0.3) is 0 Å². The van der Waals surface area contributed by atoms with Crippen molar-refractivity contribution in [1.29, 1.82) is 0 Å². The molecule has 1 unspecified atom stereocenters. The molecule has 1 saturated carbocycles. The number of esters is 1. The molecule has 0 heterocycles. The highest BCUT2D eigenvalue weighted by Crippen LogP contribution is 2.23. The van der Waals surface area contributed by atoms with Crippen LogP contribution in [0.15, 0.2) is 24.3 Å². The van der Waals surface area contributed by atoms with E-state index in [0.717, 1.165) is 37.7 Å². The zero-order valence-electron chi connectivity index (χ0n) is 15.3. The Kier molecular flexibility index (Phi) is 7.55. The van der Waals surface area contributed by atoms with E-state index in [-0.39, 0.29) is 24.8 Å². The van der Waals surface area contributed by atoms with Crippen LogP contribution >= 0.6 is 0 Å². The maximum atomic E-state index is 13.0. The summed E-state index contributed by atoms with van der Waals surface area (Å²) >= 11 is 0. The summed E-state index contributed by atoms with van der Waals surface area (Å²) < 4.78 is 46.8. The summed E-state index contributed by atoms with van der Waals surface area (Å²) in [5.74, 6) is -1.55. The Balaban J connectivity index is 2.00. The first kappa shape index (κ1) is 20.8. The lowest BCUT2D eigenvalue weighted by molar-refractivity contribution is -0.145. The number of ether oxygens (including phenoxy) is 1. The standard InChI is InChI=1S/C18H27FN2O4S/c1-21(17-6-4-3-5-7-17)26(23,24)20-13-15(18(22)25-2)12-14-8-10-16(19)11-9-14/h8-11,15,17,20H,3-7,12-13H2,1-2H3. The van der Waals surface area contributed by atoms with Gasteiger partial charge >= 0.3 is 5.97 Å². The van der Waals surface area contributed by atoms with Crippen LogP contribution in [0.2, 0.25) is 0 Å². The Hall–Kier alpha value is -1.51. The number of halogens is 1. The van der Waals surface area contributed by atoms with Gasteiger partial charge in [0, 0.05) is 19.6 Å². The fraction of sp³-hybridized carbons (Fsp3) is 0.611. The second-order valence-electron chi connectivity index (χ2n) is 6.71. The molecular formula is C18H27FN2O4S. The molecular weight excluding hydrogens is 359 g/mol. The van der Waals surface area contributed by atoms with E-state index in [1.165, 1.54) is 23.5 Å². The van der Waals surface area contributed by atoms with Crippen molar-refractivity contribution in [3.63, 3.8) is 0 Å². The summed E-state index contributed by atoms with van der Waals surface area (Å²) in [6.07, 6.45) is 5.17. The van der Waals surface area contributed by atoms with Crippen LogP contribution < -0.4 is 4.72 Å². The Labute approximate surface area is 154 Å². The van der Waals surface area contributed by atoms with Crippen molar-refractivity contribution in [3.8, 4) is 0 Å². The number of carbonyl (C=O) groups excluding carboxylic acids is 1. The second kappa shape index (κ2) is 9.43. The van der Waals surface area contributed by atoms with Gasteiger partial charge in [-0.25, -0.2) is 9.11 Å². The van der Waals surface area contributed by atoms with Gasteiger partial charge in [0.15, 0.2) is 0 Å². The molecule has 0 bridgehead atoms. The average Bonchev–Trinajstić information content (AvgIpc) is 2.66. The van der Waals surface area contributed by atoms with E-state index in [1.807, 2.05) is 0 Å². The number of methoxy groups -OCH3 is 1. The summed E-state index contributed by atoms with van der Waals surface area (Å²) in [7, 11) is -0.839. The molecule has 8 heteroatoms. The van der Waals surface area contributed by atoms with E-state index in [1.54, 1.807) is 19.2 Å². The van der Waals surface area contributed by atoms with Crippen molar-refractivity contribution < 1.29 is 22.3 Å². The number of hydrogen-bond donors (Lipinski definition) is 1. The maximum absolute atomic E-state index is 13.0. The van der Waals surface area contributed by atoms with Gasteiger partial charge in [0.1, 0.15) is 5.82 Å². The van der Waals surface area contributed by atoms with E-state index in [9.17, 15) is 17.6 Å². The summed E-state index contributed by atoms with van der Waals surface area (Å²) in [5.41, 5.74) is 0.738. The van der Waals surface area contributed by atoms with Crippen LogP contribution in [0.1, 0.15) is 37.7 Å². The monoisotopic (exact) mass is 386 g/mol. The van der Waals surface area contributed by atoms with Crippen LogP contribution in [-0.4, -0.2) is 45.4 Å². The molecule has 0 aliphatic heterocycles. The van der Waals surface area contributed by atoms with Crippen molar-refractivity contribution in [3.05, 3.63) is 35.6 Å². The molecule has 0 aromatic heterocycles. The lowest BCUT2D eigenvalue weighted by Crippen LogP contribution is -2.47. The molecule has 0 radical (unpaired) electrons. The highest BCUT2D eigenvalue weighted by molar-refractivity contribution is 7.87. The predicted molar refractivity (Wildman–Crippen MR) is 97.2 cm³/mol. The number of carbonyl (C=O) groups is 1. The van der Waals surface area contributed by atoms with Crippen molar-refractivity contribution in [2.75, 3.05) is 20.7 Å². The molecule has 146 valence electrons. The van der Waals surface area contributed by atoms with Gasteiger partial charge in [-0.05, 0) is 37.0 Å². The number of nitrogens with zero attached hydrogens (tertiary/aromatic N) is 1. The molecule has 1 atom stereocenters. The van der Waals surface area contributed by atoms with Gasteiger partial charge in [0.2, 0.25) is 0 Å². The summed E-state index contributed by atoms with van der Waals surface area (Å²) in [6.45, 7) is -0.0660. The first-order valence-corrected chi connectivity index (χ1v) is 10.3. The van der Waals surface area contributed by atoms with Crippen molar-refractivity contribution in [2.45, 2.75) is 44.6 Å². The molecule has 6 nitrogen and oxygen atoms in total. The SMILES string of the molecule is COC(=O)C(CNS(=O)(=O)N(C)C1CCCCC1)Cc1ccc(F)cc1. The third kappa shape index (κ3) is 5.75. The Bertz CT molecular complexity index is 688. The van der Waals surface area contributed by atoms with Crippen LogP contribution in [-0.2, 0) is 26.2 Å². The Morgan fingerprint density at radius 2 is 1.88 bits per heavy atom. The van der Waals surface area contributed by atoms with E-state index < -0.39 is 22.1 Å². The molecule has 0 saturated heterocycles. The van der Waals surface area contributed by atoms with Gasteiger partial charge in [-0.1, -0.05) is 31.4 Å². The van der Waals surface area contributed by atoms with Crippen LogP contribution in [0, 0.1) is 11.7 Å². The highest BCUT2D eigenvalue weighted by Gasteiger charge is 2.29. The molecule has 1 aromatic carbocycles. The van der Waals surface area contributed by atoms with E-state index in [4.69, 9.17) is 4.74 Å². The van der Waals surface area contributed by atoms with Gasteiger partial charge in [-0.15, -0.1) is 0 Å². The molecule has 2 rings (SSSR count). The number of nitrogens with one attached hydrogen (secondary N) is 1. The lowest BCUT2D eigenvalue weighted by Gasteiger charge is -2.30. The Morgan fingerprint density at radius 3 is 2.46 bits per heavy atom. The van der Waals surface area contributed by atoms with Crippen LogP contribution in [0.4, 0.5) is 4.39 Å². The second-order valence-corrected chi connectivity index (χ2v) is 8.53.